The van der Waals surface area contributed by atoms with Crippen LogP contribution in [0, 0.1) is 15.5 Å². The Morgan fingerprint density at radius 3 is 2.75 bits per heavy atom. The molecule has 0 heterocycles. The Morgan fingerprint density at radius 2 is 2.12 bits per heavy atom. The highest BCUT2D eigenvalue weighted by Crippen LogP contribution is 2.37. The number of non-ortho nitro benzene ring substituents is 1. The molecule has 1 aromatic rings. The van der Waals surface area contributed by atoms with Gasteiger partial charge in [-0.05, 0) is 31.4 Å². The second-order valence-electron chi connectivity index (χ2n) is 6.66. The number of aliphatic hydroxyl groups is 1. The van der Waals surface area contributed by atoms with Crippen molar-refractivity contribution in [1.29, 1.82) is 0 Å². The van der Waals surface area contributed by atoms with Gasteiger partial charge in [-0.25, -0.2) is 0 Å². The third-order valence-corrected chi connectivity index (χ3v) is 4.77. The van der Waals surface area contributed by atoms with Crippen LogP contribution in [-0.4, -0.2) is 35.1 Å². The Bertz CT molecular complexity index is 576. The number of nitrogens with zero attached hydrogens (tertiary/aromatic N) is 1. The molecule has 0 radical (unpaired) electrons. The van der Waals surface area contributed by atoms with Crippen LogP contribution in [0.2, 0.25) is 0 Å². The molecule has 24 heavy (non-hydrogen) atoms. The summed E-state index contributed by atoms with van der Waals surface area (Å²) in [5, 5.41) is 26.3. The molecule has 0 bridgehead atoms. The molecular formula is C17H25N3O4. The van der Waals surface area contributed by atoms with Gasteiger partial charge in [0.25, 0.3) is 5.69 Å². The minimum absolute atomic E-state index is 0.00655. The largest absolute Gasteiger partial charge is 0.396 e. The molecule has 1 saturated carbocycles. The topological polar surface area (TPSA) is 104 Å². The maximum atomic E-state index is 12.0. The van der Waals surface area contributed by atoms with Crippen LogP contribution in [0.4, 0.5) is 11.4 Å². The predicted octanol–water partition coefficient (Wildman–Crippen LogP) is 2.45. The fourth-order valence-corrected chi connectivity index (χ4v) is 3.12. The van der Waals surface area contributed by atoms with Crippen molar-refractivity contribution >= 4 is 17.3 Å². The van der Waals surface area contributed by atoms with Crippen LogP contribution in [0.5, 0.6) is 0 Å². The van der Waals surface area contributed by atoms with Crippen molar-refractivity contribution in [1.82, 2.24) is 5.32 Å². The highest BCUT2D eigenvalue weighted by atomic mass is 16.6. The minimum Gasteiger partial charge on any atom is -0.396 e. The lowest BCUT2D eigenvalue weighted by Crippen LogP contribution is -2.44. The molecule has 1 aromatic carbocycles. The van der Waals surface area contributed by atoms with Gasteiger partial charge in [0, 0.05) is 42.2 Å². The van der Waals surface area contributed by atoms with E-state index in [0.29, 0.717) is 19.4 Å². The van der Waals surface area contributed by atoms with E-state index < -0.39 is 4.92 Å². The molecule has 0 saturated heterocycles. The summed E-state index contributed by atoms with van der Waals surface area (Å²) in [5.74, 6) is 0.00655. The third kappa shape index (κ3) is 4.67. The summed E-state index contributed by atoms with van der Waals surface area (Å²) in [6, 6.07) is 6.26. The average Bonchev–Trinajstić information content (AvgIpc) is 2.93. The van der Waals surface area contributed by atoms with E-state index in [0.717, 1.165) is 24.9 Å². The highest BCUT2D eigenvalue weighted by Gasteiger charge is 2.38. The summed E-state index contributed by atoms with van der Waals surface area (Å²) in [7, 11) is 0. The van der Waals surface area contributed by atoms with Crippen LogP contribution in [0.15, 0.2) is 24.3 Å². The van der Waals surface area contributed by atoms with Gasteiger partial charge in [-0.2, -0.15) is 0 Å². The van der Waals surface area contributed by atoms with E-state index in [-0.39, 0.29) is 29.7 Å². The van der Waals surface area contributed by atoms with Gasteiger partial charge >= 0.3 is 0 Å². The maximum Gasteiger partial charge on any atom is 0.269 e. The van der Waals surface area contributed by atoms with E-state index >= 15 is 0 Å². The van der Waals surface area contributed by atoms with Gasteiger partial charge in [0.2, 0.25) is 5.91 Å². The van der Waals surface area contributed by atoms with Gasteiger partial charge < -0.3 is 15.7 Å². The molecule has 0 spiro atoms. The molecule has 2 rings (SSSR count). The zero-order chi connectivity index (χ0) is 17.6. The SMILES string of the molecule is CC1(CO)CCCC1NC(=O)CCCNc1ccc([N+](=O)[O-])cc1. The summed E-state index contributed by atoms with van der Waals surface area (Å²) < 4.78 is 0. The molecule has 132 valence electrons. The minimum atomic E-state index is -0.433. The number of rotatable bonds is 8. The quantitative estimate of drug-likeness (QED) is 0.384. The van der Waals surface area contributed by atoms with Gasteiger partial charge in [-0.1, -0.05) is 13.3 Å². The first-order valence-corrected chi connectivity index (χ1v) is 8.33. The zero-order valence-corrected chi connectivity index (χ0v) is 14.0. The molecule has 0 aromatic heterocycles. The van der Waals surface area contributed by atoms with Gasteiger partial charge in [-0.3, -0.25) is 14.9 Å². The van der Waals surface area contributed by atoms with E-state index in [1.807, 2.05) is 6.92 Å². The van der Waals surface area contributed by atoms with Crippen LogP contribution in [0.25, 0.3) is 0 Å². The number of aliphatic hydroxyl groups excluding tert-OH is 1. The van der Waals surface area contributed by atoms with E-state index in [1.54, 1.807) is 12.1 Å². The van der Waals surface area contributed by atoms with Crippen molar-refractivity contribution < 1.29 is 14.8 Å². The Morgan fingerprint density at radius 1 is 1.42 bits per heavy atom. The monoisotopic (exact) mass is 335 g/mol. The molecule has 2 unspecified atom stereocenters. The Labute approximate surface area is 141 Å². The molecular weight excluding hydrogens is 310 g/mol. The maximum absolute atomic E-state index is 12.0. The van der Waals surface area contributed by atoms with Crippen LogP contribution in [0.3, 0.4) is 0 Å². The van der Waals surface area contributed by atoms with Crippen LogP contribution in [0.1, 0.15) is 39.0 Å². The summed E-state index contributed by atoms with van der Waals surface area (Å²) in [6.45, 7) is 2.73. The molecule has 3 N–H and O–H groups in total. The number of anilines is 1. The standard InChI is InChI=1S/C17H25N3O4/c1-17(12-21)10-2-4-15(17)19-16(22)5-3-11-18-13-6-8-14(9-7-13)20(23)24/h6-9,15,18,21H,2-5,10-12H2,1H3,(H,19,22). The molecule has 2 atom stereocenters. The number of nitrogens with one attached hydrogen (secondary N) is 2. The first kappa shape index (κ1) is 18.2. The molecule has 7 nitrogen and oxygen atoms in total. The molecule has 0 aliphatic heterocycles. The van der Waals surface area contributed by atoms with Crippen molar-refractivity contribution in [3.63, 3.8) is 0 Å². The van der Waals surface area contributed by atoms with Gasteiger partial charge in [0.15, 0.2) is 0 Å². The van der Waals surface area contributed by atoms with Crippen molar-refractivity contribution in [2.75, 3.05) is 18.5 Å². The molecule has 1 aliphatic carbocycles. The average molecular weight is 335 g/mol. The van der Waals surface area contributed by atoms with Crippen molar-refractivity contribution in [2.45, 2.75) is 45.1 Å². The van der Waals surface area contributed by atoms with E-state index in [9.17, 15) is 20.0 Å². The van der Waals surface area contributed by atoms with E-state index in [2.05, 4.69) is 10.6 Å². The number of nitro benzene ring substituents is 1. The number of hydrogen-bond acceptors (Lipinski definition) is 5. The second-order valence-corrected chi connectivity index (χ2v) is 6.66. The van der Waals surface area contributed by atoms with E-state index in [4.69, 9.17) is 0 Å². The van der Waals surface area contributed by atoms with Crippen molar-refractivity contribution in [3.05, 3.63) is 34.4 Å². The number of benzene rings is 1. The summed E-state index contributed by atoms with van der Waals surface area (Å²) in [6.07, 6.45) is 3.98. The highest BCUT2D eigenvalue weighted by molar-refractivity contribution is 5.76. The summed E-state index contributed by atoms with van der Waals surface area (Å²) >= 11 is 0. The molecule has 1 aliphatic rings. The smallest absolute Gasteiger partial charge is 0.269 e. The molecule has 1 fully saturated rings. The second kappa shape index (κ2) is 8.10. The number of carbonyl (C=O) groups excluding carboxylic acids is 1. The van der Waals surface area contributed by atoms with Crippen LogP contribution < -0.4 is 10.6 Å². The molecule has 1 amide bonds. The summed E-state index contributed by atoms with van der Waals surface area (Å²) in [4.78, 5) is 22.2. The third-order valence-electron chi connectivity index (χ3n) is 4.77. The van der Waals surface area contributed by atoms with Crippen molar-refractivity contribution in [3.8, 4) is 0 Å². The lowest BCUT2D eigenvalue weighted by molar-refractivity contribution is -0.384. The lowest BCUT2D eigenvalue weighted by atomic mass is 9.86. The Hall–Kier alpha value is -2.15. The lowest BCUT2D eigenvalue weighted by Gasteiger charge is -2.30. The van der Waals surface area contributed by atoms with E-state index in [1.165, 1.54) is 12.1 Å². The first-order valence-electron chi connectivity index (χ1n) is 8.33. The van der Waals surface area contributed by atoms with Gasteiger partial charge in [-0.15, -0.1) is 0 Å². The number of nitro groups is 1. The van der Waals surface area contributed by atoms with Crippen LogP contribution >= 0.6 is 0 Å². The van der Waals surface area contributed by atoms with Crippen LogP contribution in [-0.2, 0) is 4.79 Å². The fourth-order valence-electron chi connectivity index (χ4n) is 3.12. The number of hydrogen-bond donors (Lipinski definition) is 3. The van der Waals surface area contributed by atoms with Crippen molar-refractivity contribution in [2.24, 2.45) is 5.41 Å². The van der Waals surface area contributed by atoms with Gasteiger partial charge in [0.1, 0.15) is 0 Å². The molecule has 7 heteroatoms. The Kier molecular flexibility index (Phi) is 6.14. The Balaban J connectivity index is 1.68. The zero-order valence-electron chi connectivity index (χ0n) is 14.0. The number of carbonyl (C=O) groups is 1. The predicted molar refractivity (Wildman–Crippen MR) is 91.8 cm³/mol. The first-order chi connectivity index (χ1) is 11.4. The number of amides is 1. The normalized spacial score (nSPS) is 23.0. The summed E-state index contributed by atoms with van der Waals surface area (Å²) in [5.41, 5.74) is 0.653. The fraction of sp³-hybridized carbons (Fsp3) is 0.588. The van der Waals surface area contributed by atoms with Gasteiger partial charge in [0.05, 0.1) is 11.5 Å².